The molecule has 4 heterocycles. The summed E-state index contributed by atoms with van der Waals surface area (Å²) in [5.41, 5.74) is 3.03. The highest BCUT2D eigenvalue weighted by molar-refractivity contribution is 6.37. The first-order valence-electron chi connectivity index (χ1n) is 26.8. The van der Waals surface area contributed by atoms with E-state index < -0.39 is 72.3 Å². The van der Waals surface area contributed by atoms with Crippen LogP contribution in [0.15, 0.2) is 97.6 Å². The molecule has 2 atom stereocenters. The number of piperidine rings is 2. The molecular formula is C60H52Cl2F10N6O12. The Morgan fingerprint density at radius 1 is 0.533 bits per heavy atom. The van der Waals surface area contributed by atoms with Crippen LogP contribution in [-0.2, 0) is 58.7 Å². The summed E-state index contributed by atoms with van der Waals surface area (Å²) in [4.78, 5) is 53.8. The van der Waals surface area contributed by atoms with Gasteiger partial charge in [-0.25, -0.2) is 27.2 Å². The van der Waals surface area contributed by atoms with Gasteiger partial charge in [0.2, 0.25) is 0 Å². The highest BCUT2D eigenvalue weighted by atomic mass is 35.5. The summed E-state index contributed by atoms with van der Waals surface area (Å²) in [5, 5.41) is 53.4. The minimum Gasteiger partial charge on any atom is -0.488 e. The number of carboxylic acid groups (broad SMARTS) is 4. The summed E-state index contributed by atoms with van der Waals surface area (Å²) in [6.45, 7) is 0.112. The third kappa shape index (κ3) is 19.5. The van der Waals surface area contributed by atoms with Crippen molar-refractivity contribution in [1.82, 2.24) is 19.8 Å². The number of carbonyl (C=O) groups is 4. The molecular weight excluding hydrogens is 1260 g/mol. The Labute approximate surface area is 515 Å². The van der Waals surface area contributed by atoms with Gasteiger partial charge >= 0.3 is 36.2 Å². The summed E-state index contributed by atoms with van der Waals surface area (Å²) in [6, 6.07) is 20.8. The lowest BCUT2D eigenvalue weighted by Gasteiger charge is -2.33. The molecule has 0 unspecified atom stereocenters. The van der Waals surface area contributed by atoms with Crippen molar-refractivity contribution >= 4 is 47.1 Å². The second-order valence-corrected chi connectivity index (χ2v) is 20.7. The van der Waals surface area contributed by atoms with Crippen molar-refractivity contribution in [1.29, 1.82) is 10.5 Å². The SMILES string of the molecule is N#Cc1cncc(COc2cc(OCc3cccc(-c4cccc(COc5cc(OCc6cncc(C#N)c6)c(CN6CCCC[C@H]6C(=O)O)cc5C(F)F)c4Cl)c3Cl)c(C(F)F)cc2CN2CCCC[C@H]2C(=O)O)c1.O=C(O)C(F)(F)F.O=C(O)C(F)(F)F. The molecule has 18 nitrogen and oxygen atoms in total. The smallest absolute Gasteiger partial charge is 0.488 e. The third-order valence-electron chi connectivity index (χ3n) is 13.7. The van der Waals surface area contributed by atoms with Gasteiger partial charge in [-0.1, -0.05) is 72.4 Å². The highest BCUT2D eigenvalue weighted by Crippen LogP contribution is 2.42. The molecule has 0 bridgehead atoms. The van der Waals surface area contributed by atoms with Crippen LogP contribution in [0.5, 0.6) is 23.0 Å². The van der Waals surface area contributed by atoms with Crippen LogP contribution in [0.4, 0.5) is 43.9 Å². The molecule has 0 aliphatic carbocycles. The maximum atomic E-state index is 15.0. The van der Waals surface area contributed by atoms with Gasteiger partial charge in [-0.05, 0) is 63.0 Å². The van der Waals surface area contributed by atoms with Crippen LogP contribution >= 0.6 is 23.2 Å². The molecule has 0 saturated carbocycles. The minimum atomic E-state index is -5.08. The first-order chi connectivity index (χ1) is 42.6. The van der Waals surface area contributed by atoms with E-state index in [1.54, 1.807) is 58.3 Å². The van der Waals surface area contributed by atoms with Gasteiger partial charge in [0.15, 0.2) is 0 Å². The van der Waals surface area contributed by atoms with E-state index in [2.05, 4.69) is 9.97 Å². The van der Waals surface area contributed by atoms with E-state index in [4.69, 9.17) is 62.0 Å². The fraction of sp³-hybridized carbons (Fsp3) is 0.333. The van der Waals surface area contributed by atoms with Crippen molar-refractivity contribution in [2.45, 2.75) is 115 Å². The lowest BCUT2D eigenvalue weighted by atomic mass is 10.00. The molecule has 4 aromatic carbocycles. The van der Waals surface area contributed by atoms with Gasteiger partial charge in [-0.3, -0.25) is 29.4 Å². The summed E-state index contributed by atoms with van der Waals surface area (Å²) in [5.74, 6) is -7.64. The van der Waals surface area contributed by atoms with Crippen molar-refractivity contribution in [3.05, 3.63) is 163 Å². The van der Waals surface area contributed by atoms with Gasteiger partial charge in [0.25, 0.3) is 12.9 Å². The normalized spacial score (nSPS) is 15.2. The number of halogens is 12. The number of likely N-dealkylation sites (tertiary alicyclic amines) is 2. The molecule has 8 rings (SSSR count). The molecule has 4 N–H and O–H groups in total. The van der Waals surface area contributed by atoms with Crippen LogP contribution < -0.4 is 18.9 Å². The quantitative estimate of drug-likeness (QED) is 0.0488. The molecule has 2 aromatic heterocycles. The van der Waals surface area contributed by atoms with Crippen molar-refractivity contribution in [2.75, 3.05) is 13.1 Å². The third-order valence-corrected chi connectivity index (χ3v) is 14.6. The molecule has 0 amide bonds. The zero-order valence-electron chi connectivity index (χ0n) is 46.7. The molecule has 0 radical (unpaired) electrons. The largest absolute Gasteiger partial charge is 0.490 e. The zero-order valence-corrected chi connectivity index (χ0v) is 48.2. The maximum Gasteiger partial charge on any atom is 0.490 e. The number of aliphatic carboxylic acids is 4. The van der Waals surface area contributed by atoms with E-state index in [1.807, 2.05) is 12.1 Å². The number of benzene rings is 4. The lowest BCUT2D eigenvalue weighted by Crippen LogP contribution is -2.44. The van der Waals surface area contributed by atoms with E-state index in [0.29, 0.717) is 94.4 Å². The van der Waals surface area contributed by atoms with Crippen LogP contribution in [0, 0.1) is 22.7 Å². The van der Waals surface area contributed by atoms with Crippen LogP contribution in [0.25, 0.3) is 11.1 Å². The minimum absolute atomic E-state index is 0.00446. The van der Waals surface area contributed by atoms with E-state index >= 15 is 0 Å². The predicted molar refractivity (Wildman–Crippen MR) is 299 cm³/mol. The lowest BCUT2D eigenvalue weighted by molar-refractivity contribution is -0.193. The van der Waals surface area contributed by atoms with E-state index in [0.717, 1.165) is 12.8 Å². The molecule has 478 valence electrons. The number of aromatic nitrogens is 2. The molecule has 90 heavy (non-hydrogen) atoms. The number of alkyl halides is 10. The fourth-order valence-corrected chi connectivity index (χ4v) is 9.97. The Kier molecular flexibility index (Phi) is 24.9. The van der Waals surface area contributed by atoms with Crippen molar-refractivity contribution < 1.29 is 102 Å². The van der Waals surface area contributed by atoms with Gasteiger partial charge in [0, 0.05) is 94.5 Å². The summed E-state index contributed by atoms with van der Waals surface area (Å²) < 4.78 is 148. The second-order valence-electron chi connectivity index (χ2n) is 19.9. The number of rotatable bonds is 21. The van der Waals surface area contributed by atoms with E-state index in [-0.39, 0.29) is 72.6 Å². The summed E-state index contributed by atoms with van der Waals surface area (Å²) >= 11 is 14.1. The Bertz CT molecular complexity index is 3390. The topological polar surface area (TPSA) is 266 Å². The number of hydrogen-bond donors (Lipinski definition) is 4. The standard InChI is InChI=1S/C56H50Cl2F4N6O8.2C2HF3O2/c57-51-37(31-75-49-19-47(73-29-35-15-33(21-63)23-65-25-35)39(17-43(49)53(59)60)27-67-13-3-1-11-45(67)55(69)70)7-5-9-41(51)42-10-6-8-38(52(42)58)32-76-50-20-48(74-30-36-16-34(22-64)24-66-26-36)40(18-44(50)54(61)62)28-68-14-4-2-12-46(68)56(71)72;2*3-2(4,5)1(6)7/h5-10,15-20,23-26,45-46,53-54H,1-4,11-14,27-32H2,(H,69,70)(H,71,72);2*(H,6,7)/t45-,46-;;/m0../s1. The number of pyridine rings is 2. The molecule has 6 aromatic rings. The second kappa shape index (κ2) is 32.0. The zero-order chi connectivity index (χ0) is 66.0. The molecule has 0 spiro atoms. The number of nitrogens with zero attached hydrogens (tertiary/aromatic N) is 6. The summed E-state index contributed by atoms with van der Waals surface area (Å²) in [6.07, 6.45) is -6.71. The molecule has 2 saturated heterocycles. The number of ether oxygens (including phenoxy) is 4. The van der Waals surface area contributed by atoms with Gasteiger partial charge in [0.1, 0.15) is 73.6 Å². The molecule has 2 aliphatic rings. The Morgan fingerprint density at radius 2 is 0.889 bits per heavy atom. The van der Waals surface area contributed by atoms with Crippen LogP contribution in [-0.4, -0.2) is 102 Å². The fourth-order valence-electron chi connectivity index (χ4n) is 9.40. The molecule has 2 fully saturated rings. The van der Waals surface area contributed by atoms with Gasteiger partial charge in [0.05, 0.1) is 32.3 Å². The first-order valence-corrected chi connectivity index (χ1v) is 27.5. The Morgan fingerprint density at radius 3 is 1.21 bits per heavy atom. The maximum absolute atomic E-state index is 15.0. The summed E-state index contributed by atoms with van der Waals surface area (Å²) in [7, 11) is 0. The van der Waals surface area contributed by atoms with Crippen LogP contribution in [0.1, 0.15) is 107 Å². The first kappa shape index (κ1) is 70.1. The number of carboxylic acids is 4. The van der Waals surface area contributed by atoms with Gasteiger partial charge < -0.3 is 39.4 Å². The van der Waals surface area contributed by atoms with Gasteiger partial charge in [-0.2, -0.15) is 36.9 Å². The van der Waals surface area contributed by atoms with Crippen molar-refractivity contribution in [3.63, 3.8) is 0 Å². The molecule has 30 heteroatoms. The van der Waals surface area contributed by atoms with E-state index in [1.165, 1.54) is 49.1 Å². The van der Waals surface area contributed by atoms with Crippen LogP contribution in [0.3, 0.4) is 0 Å². The number of hydrogen-bond acceptors (Lipinski definition) is 14. The predicted octanol–water partition coefficient (Wildman–Crippen LogP) is 13.5. The van der Waals surface area contributed by atoms with Crippen molar-refractivity contribution in [2.24, 2.45) is 0 Å². The molecule has 2 aliphatic heterocycles. The average molecular weight is 1310 g/mol. The van der Waals surface area contributed by atoms with Gasteiger partial charge in [-0.15, -0.1) is 0 Å². The monoisotopic (exact) mass is 1310 g/mol. The average Bonchev–Trinajstić information content (AvgIpc) is 1.44. The Hall–Kier alpha value is -8.96. The number of nitriles is 2. The van der Waals surface area contributed by atoms with Crippen molar-refractivity contribution in [3.8, 4) is 46.3 Å². The van der Waals surface area contributed by atoms with Crippen LogP contribution in [0.2, 0.25) is 10.0 Å². The Balaban J connectivity index is 0.000000824. The highest BCUT2D eigenvalue weighted by Gasteiger charge is 2.39. The van der Waals surface area contributed by atoms with E-state index in [9.17, 15) is 74.2 Å².